The quantitative estimate of drug-likeness (QED) is 0.231. The molecule has 0 aliphatic carbocycles. The number of nitrogens with zero attached hydrogens (tertiary/aromatic N) is 1. The average Bonchev–Trinajstić information content (AvgIpc) is 2.74. The molecule has 0 heterocycles. The number of nitro benzene ring substituents is 1. The van der Waals surface area contributed by atoms with Crippen molar-refractivity contribution >= 4 is 46.8 Å². The van der Waals surface area contributed by atoms with E-state index in [2.05, 4.69) is 16.0 Å². The van der Waals surface area contributed by atoms with E-state index in [0.717, 1.165) is 0 Å². The van der Waals surface area contributed by atoms with Gasteiger partial charge in [-0.2, -0.15) is 11.8 Å². The highest BCUT2D eigenvalue weighted by Gasteiger charge is 2.27. The Morgan fingerprint density at radius 1 is 1.03 bits per heavy atom. The number of carbonyl (C=O) groups is 4. The summed E-state index contributed by atoms with van der Waals surface area (Å²) in [5.74, 6) is -2.08. The molecule has 1 aromatic rings. The smallest absolute Gasteiger partial charge is 0.303 e. The largest absolute Gasteiger partial charge is 0.481 e. The number of hydrogen-bond donors (Lipinski definition) is 4. The van der Waals surface area contributed by atoms with Crippen molar-refractivity contribution in [3.05, 3.63) is 34.4 Å². The fourth-order valence-corrected chi connectivity index (χ4v) is 3.33. The van der Waals surface area contributed by atoms with Crippen molar-refractivity contribution in [2.24, 2.45) is 5.92 Å². The summed E-state index contributed by atoms with van der Waals surface area (Å²) in [6.45, 7) is 3.74. The number of benzene rings is 1. The number of carboxylic acid groups (broad SMARTS) is 1. The Bertz CT molecular complexity index is 846. The van der Waals surface area contributed by atoms with Gasteiger partial charge in [-0.1, -0.05) is 13.8 Å². The number of nitro groups is 1. The standard InChI is InChI=1S/C21H30N4O7S/c1-13(2)12-17(23-18(26)8-9-19(27)28)21(30)24-16(10-11-33-3)20(29)22-14-4-6-15(7-5-14)25(31)32/h4-7,13,16-17H,8-12H2,1-3H3,(H,22,29)(H,23,26)(H,24,30)(H,27,28). The molecule has 3 amide bonds. The van der Waals surface area contributed by atoms with Crippen molar-refractivity contribution in [2.75, 3.05) is 17.3 Å². The van der Waals surface area contributed by atoms with Crippen LogP contribution in [0.2, 0.25) is 0 Å². The molecule has 33 heavy (non-hydrogen) atoms. The molecule has 0 saturated carbocycles. The molecule has 11 nitrogen and oxygen atoms in total. The van der Waals surface area contributed by atoms with Gasteiger partial charge >= 0.3 is 5.97 Å². The molecule has 0 radical (unpaired) electrons. The van der Waals surface area contributed by atoms with E-state index in [1.54, 1.807) is 0 Å². The molecular formula is C21H30N4O7S. The average molecular weight is 483 g/mol. The molecule has 0 spiro atoms. The van der Waals surface area contributed by atoms with Crippen LogP contribution in [0.3, 0.4) is 0 Å². The third kappa shape index (κ3) is 10.8. The number of nitrogens with one attached hydrogen (secondary N) is 3. The molecule has 0 aliphatic heterocycles. The van der Waals surface area contributed by atoms with E-state index >= 15 is 0 Å². The summed E-state index contributed by atoms with van der Waals surface area (Å²) in [4.78, 5) is 58.7. The third-order valence-corrected chi connectivity index (χ3v) is 5.16. The lowest BCUT2D eigenvalue weighted by Gasteiger charge is -2.24. The van der Waals surface area contributed by atoms with Crippen LogP contribution >= 0.6 is 11.8 Å². The molecule has 12 heteroatoms. The number of non-ortho nitro benzene ring substituents is 1. The van der Waals surface area contributed by atoms with Gasteiger partial charge in [0.1, 0.15) is 12.1 Å². The SMILES string of the molecule is CSCCC(NC(=O)C(CC(C)C)NC(=O)CCC(=O)O)C(=O)Nc1ccc([N+](=O)[O-])cc1. The zero-order chi connectivity index (χ0) is 25.0. The summed E-state index contributed by atoms with van der Waals surface area (Å²) >= 11 is 1.49. The minimum Gasteiger partial charge on any atom is -0.481 e. The second kappa shape index (κ2) is 14.1. The van der Waals surface area contributed by atoms with Crippen LogP contribution in [0.1, 0.15) is 39.5 Å². The number of hydrogen-bond acceptors (Lipinski definition) is 7. The minimum atomic E-state index is -1.12. The first kappa shape index (κ1) is 27.9. The lowest BCUT2D eigenvalue weighted by atomic mass is 10.0. The maximum absolute atomic E-state index is 12.9. The van der Waals surface area contributed by atoms with E-state index in [1.165, 1.54) is 36.0 Å². The van der Waals surface area contributed by atoms with Gasteiger partial charge in [0.25, 0.3) is 5.69 Å². The van der Waals surface area contributed by atoms with E-state index in [0.29, 0.717) is 24.3 Å². The van der Waals surface area contributed by atoms with Gasteiger partial charge < -0.3 is 21.1 Å². The number of anilines is 1. The van der Waals surface area contributed by atoms with Gasteiger partial charge in [-0.15, -0.1) is 0 Å². The summed E-state index contributed by atoms with van der Waals surface area (Å²) in [6, 6.07) is 3.50. The summed E-state index contributed by atoms with van der Waals surface area (Å²) in [5, 5.41) is 27.4. The zero-order valence-electron chi connectivity index (χ0n) is 18.8. The van der Waals surface area contributed by atoms with Gasteiger partial charge in [-0.05, 0) is 42.9 Å². The van der Waals surface area contributed by atoms with Crippen LogP contribution in [-0.4, -0.2) is 57.8 Å². The molecule has 1 aromatic carbocycles. The Hall–Kier alpha value is -3.15. The minimum absolute atomic E-state index is 0.0547. The van der Waals surface area contributed by atoms with Crippen molar-refractivity contribution in [1.82, 2.24) is 10.6 Å². The fourth-order valence-electron chi connectivity index (χ4n) is 2.86. The second-order valence-corrected chi connectivity index (χ2v) is 8.76. The van der Waals surface area contributed by atoms with E-state index in [9.17, 15) is 29.3 Å². The van der Waals surface area contributed by atoms with Gasteiger partial charge in [-0.25, -0.2) is 0 Å². The highest BCUT2D eigenvalue weighted by atomic mass is 32.2. The van der Waals surface area contributed by atoms with Crippen molar-refractivity contribution < 1.29 is 29.2 Å². The first-order valence-corrected chi connectivity index (χ1v) is 11.8. The third-order valence-electron chi connectivity index (χ3n) is 4.51. The topological polar surface area (TPSA) is 168 Å². The van der Waals surface area contributed by atoms with Crippen LogP contribution in [0.15, 0.2) is 24.3 Å². The molecule has 1 rings (SSSR count). The lowest BCUT2D eigenvalue weighted by molar-refractivity contribution is -0.384. The van der Waals surface area contributed by atoms with Crippen molar-refractivity contribution in [3.8, 4) is 0 Å². The Labute approximate surface area is 196 Å². The summed E-state index contributed by atoms with van der Waals surface area (Å²) in [5.41, 5.74) is 0.227. The Balaban J connectivity index is 2.89. The summed E-state index contributed by atoms with van der Waals surface area (Å²) in [7, 11) is 0. The van der Waals surface area contributed by atoms with E-state index < -0.39 is 40.7 Å². The molecule has 182 valence electrons. The number of rotatable bonds is 14. The Morgan fingerprint density at radius 3 is 2.18 bits per heavy atom. The number of amides is 3. The Kier molecular flexibility index (Phi) is 11.9. The predicted octanol–water partition coefficient (Wildman–Crippen LogP) is 2.17. The maximum Gasteiger partial charge on any atom is 0.303 e. The normalized spacial score (nSPS) is 12.5. The molecule has 4 N–H and O–H groups in total. The monoisotopic (exact) mass is 482 g/mol. The molecule has 0 bridgehead atoms. The number of thioether (sulfide) groups is 1. The first-order chi connectivity index (χ1) is 15.5. The lowest BCUT2D eigenvalue weighted by Crippen LogP contribution is -2.53. The van der Waals surface area contributed by atoms with Gasteiger partial charge in [0.15, 0.2) is 0 Å². The van der Waals surface area contributed by atoms with Crippen LogP contribution in [0, 0.1) is 16.0 Å². The van der Waals surface area contributed by atoms with Crippen molar-refractivity contribution in [2.45, 2.75) is 51.6 Å². The van der Waals surface area contributed by atoms with Crippen LogP contribution in [-0.2, 0) is 19.2 Å². The molecule has 2 atom stereocenters. The molecule has 0 aromatic heterocycles. The molecule has 0 aliphatic rings. The van der Waals surface area contributed by atoms with Gasteiger partial charge in [0, 0.05) is 24.2 Å². The number of aliphatic carboxylic acids is 1. The van der Waals surface area contributed by atoms with Crippen molar-refractivity contribution in [3.63, 3.8) is 0 Å². The second-order valence-electron chi connectivity index (χ2n) is 7.78. The molecule has 2 unspecified atom stereocenters. The van der Waals surface area contributed by atoms with Crippen LogP contribution in [0.5, 0.6) is 0 Å². The fraction of sp³-hybridized carbons (Fsp3) is 0.524. The molecule has 0 fully saturated rings. The summed E-state index contributed by atoms with van der Waals surface area (Å²) in [6.07, 6.45) is 1.89. The Morgan fingerprint density at radius 2 is 1.67 bits per heavy atom. The van der Waals surface area contributed by atoms with Gasteiger partial charge in [-0.3, -0.25) is 29.3 Å². The maximum atomic E-state index is 12.9. The van der Waals surface area contributed by atoms with Gasteiger partial charge in [0.2, 0.25) is 17.7 Å². The predicted molar refractivity (Wildman–Crippen MR) is 125 cm³/mol. The van der Waals surface area contributed by atoms with E-state index in [-0.39, 0.29) is 24.4 Å². The van der Waals surface area contributed by atoms with E-state index in [4.69, 9.17) is 5.11 Å². The van der Waals surface area contributed by atoms with Crippen LogP contribution < -0.4 is 16.0 Å². The zero-order valence-corrected chi connectivity index (χ0v) is 19.6. The molecule has 0 saturated heterocycles. The highest BCUT2D eigenvalue weighted by molar-refractivity contribution is 7.98. The number of carboxylic acids is 1. The van der Waals surface area contributed by atoms with Crippen LogP contribution in [0.4, 0.5) is 11.4 Å². The summed E-state index contributed by atoms with van der Waals surface area (Å²) < 4.78 is 0. The number of carbonyl (C=O) groups excluding carboxylic acids is 3. The first-order valence-electron chi connectivity index (χ1n) is 10.4. The van der Waals surface area contributed by atoms with E-state index in [1.807, 2.05) is 20.1 Å². The van der Waals surface area contributed by atoms with Crippen molar-refractivity contribution in [1.29, 1.82) is 0 Å². The molecular weight excluding hydrogens is 452 g/mol. The highest BCUT2D eigenvalue weighted by Crippen LogP contribution is 2.16. The van der Waals surface area contributed by atoms with Crippen LogP contribution in [0.25, 0.3) is 0 Å². The van der Waals surface area contributed by atoms with Gasteiger partial charge in [0.05, 0.1) is 11.3 Å².